The van der Waals surface area contributed by atoms with Crippen LogP contribution < -0.4 is 25.0 Å². The molecule has 0 radical (unpaired) electrons. The number of aromatic nitrogens is 6. The number of fused-ring (bicyclic) bond motifs is 6. The third kappa shape index (κ3) is 4.25. The van der Waals surface area contributed by atoms with Gasteiger partial charge in [-0.15, -0.1) is 12.4 Å². The summed E-state index contributed by atoms with van der Waals surface area (Å²) in [7, 11) is 0. The second kappa shape index (κ2) is 9.50. The van der Waals surface area contributed by atoms with E-state index in [0.29, 0.717) is 40.6 Å². The van der Waals surface area contributed by atoms with Gasteiger partial charge in [-0.1, -0.05) is 0 Å². The second-order valence-electron chi connectivity index (χ2n) is 8.72. The molecule has 2 N–H and O–H groups in total. The summed E-state index contributed by atoms with van der Waals surface area (Å²) in [6, 6.07) is 7.14. The lowest BCUT2D eigenvalue weighted by Crippen LogP contribution is -2.51. The number of ether oxygens (including phenoxy) is 2. The number of benzene rings is 1. The molecule has 2 bridgehead atoms. The average Bonchev–Trinajstić information content (AvgIpc) is 3.34. The summed E-state index contributed by atoms with van der Waals surface area (Å²) in [5.41, 5.74) is 1.34. The van der Waals surface area contributed by atoms with Crippen LogP contribution in [0, 0.1) is 11.6 Å². The van der Waals surface area contributed by atoms with E-state index < -0.39 is 11.6 Å². The number of hydrogen-bond donors (Lipinski definition) is 2. The highest BCUT2D eigenvalue weighted by molar-refractivity contribution is 5.90. The standard InChI is InChI=1S/C24H19F2N9O2.ClH/c25-15-7-19(37-14-1-3-35-21(5-14)29-12-31-35)16(26)6-17(15)32-23-22-18(28-11-30-23)8-20-24(33-22)34-4-2-27-13(9-34)10-36-20;/h1,3,5-8,11-13,27H,2,4,9-10H2,(H,28,30,32);1H/t13-;/m0./s1. The smallest absolute Gasteiger partial charge is 0.172 e. The third-order valence-corrected chi connectivity index (χ3v) is 6.31. The van der Waals surface area contributed by atoms with Gasteiger partial charge in [0.2, 0.25) is 0 Å². The molecular weight excluding hydrogens is 520 g/mol. The van der Waals surface area contributed by atoms with E-state index in [1.165, 1.54) is 17.2 Å². The summed E-state index contributed by atoms with van der Waals surface area (Å²) in [5.74, 6) is 0.0890. The van der Waals surface area contributed by atoms with Crippen LogP contribution in [0.5, 0.6) is 17.2 Å². The zero-order chi connectivity index (χ0) is 24.9. The van der Waals surface area contributed by atoms with Gasteiger partial charge >= 0.3 is 0 Å². The average molecular weight is 540 g/mol. The van der Waals surface area contributed by atoms with Crippen molar-refractivity contribution in [2.45, 2.75) is 6.04 Å². The number of rotatable bonds is 4. The molecule has 2 aliphatic rings. The van der Waals surface area contributed by atoms with E-state index in [9.17, 15) is 4.39 Å². The Morgan fingerprint density at radius 3 is 2.92 bits per heavy atom. The van der Waals surface area contributed by atoms with Crippen molar-refractivity contribution in [3.63, 3.8) is 0 Å². The summed E-state index contributed by atoms with van der Waals surface area (Å²) in [6.45, 7) is 2.87. The Bertz CT molecular complexity index is 1670. The summed E-state index contributed by atoms with van der Waals surface area (Å²) in [6.07, 6.45) is 4.33. The first kappa shape index (κ1) is 24.0. The van der Waals surface area contributed by atoms with Crippen LogP contribution in [-0.4, -0.2) is 61.8 Å². The molecule has 0 spiro atoms. The van der Waals surface area contributed by atoms with E-state index in [4.69, 9.17) is 14.5 Å². The Hall–Kier alpha value is -4.36. The SMILES string of the molecule is Cl.Fc1cc(Oc2ccn3ncnc3c2)c(F)cc1Nc1ncnc2cc3c(nc12)N1CCN[C@H](CO3)C1. The zero-order valence-electron chi connectivity index (χ0n) is 19.6. The molecule has 11 nitrogen and oxygen atoms in total. The van der Waals surface area contributed by atoms with Crippen LogP contribution in [-0.2, 0) is 0 Å². The largest absolute Gasteiger partial charge is 0.488 e. The molecule has 2 aliphatic heterocycles. The van der Waals surface area contributed by atoms with Crippen molar-refractivity contribution >= 4 is 46.4 Å². The molecule has 0 aliphatic carbocycles. The summed E-state index contributed by atoms with van der Waals surface area (Å²) in [4.78, 5) is 19.5. The van der Waals surface area contributed by atoms with Crippen molar-refractivity contribution in [1.29, 1.82) is 0 Å². The molecule has 1 atom stereocenters. The first-order chi connectivity index (χ1) is 18.1. The van der Waals surface area contributed by atoms with Crippen LogP contribution in [0.4, 0.5) is 26.1 Å². The van der Waals surface area contributed by atoms with Gasteiger partial charge in [-0.25, -0.2) is 33.2 Å². The van der Waals surface area contributed by atoms with Crippen LogP contribution in [0.25, 0.3) is 16.7 Å². The van der Waals surface area contributed by atoms with Crippen molar-refractivity contribution in [3.05, 3.63) is 60.8 Å². The van der Waals surface area contributed by atoms with Crippen LogP contribution in [0.15, 0.2) is 49.2 Å². The number of hydrogen-bond acceptors (Lipinski definition) is 10. The third-order valence-electron chi connectivity index (χ3n) is 6.31. The number of nitrogens with zero attached hydrogens (tertiary/aromatic N) is 7. The van der Waals surface area contributed by atoms with E-state index in [1.54, 1.807) is 24.4 Å². The maximum Gasteiger partial charge on any atom is 0.172 e. The van der Waals surface area contributed by atoms with E-state index in [0.717, 1.165) is 31.8 Å². The van der Waals surface area contributed by atoms with Crippen LogP contribution in [0.3, 0.4) is 0 Å². The topological polar surface area (TPSA) is 115 Å². The lowest BCUT2D eigenvalue weighted by atomic mass is 10.2. The second-order valence-corrected chi connectivity index (χ2v) is 8.72. The van der Waals surface area contributed by atoms with Crippen molar-refractivity contribution < 1.29 is 18.3 Å². The summed E-state index contributed by atoms with van der Waals surface area (Å²) >= 11 is 0. The molecule has 38 heavy (non-hydrogen) atoms. The zero-order valence-corrected chi connectivity index (χ0v) is 20.5. The fraction of sp³-hybridized carbons (Fsp3) is 0.208. The van der Waals surface area contributed by atoms with Crippen LogP contribution >= 0.6 is 12.4 Å². The highest BCUT2D eigenvalue weighted by Gasteiger charge is 2.28. The first-order valence-electron chi connectivity index (χ1n) is 11.6. The van der Waals surface area contributed by atoms with E-state index >= 15 is 4.39 Å². The highest BCUT2D eigenvalue weighted by Crippen LogP contribution is 2.36. The van der Waals surface area contributed by atoms with Gasteiger partial charge in [0.05, 0.1) is 17.2 Å². The Morgan fingerprint density at radius 2 is 2.00 bits per heavy atom. The van der Waals surface area contributed by atoms with Gasteiger partial charge in [0.1, 0.15) is 30.5 Å². The van der Waals surface area contributed by atoms with Crippen molar-refractivity contribution in [3.8, 4) is 17.2 Å². The highest BCUT2D eigenvalue weighted by atomic mass is 35.5. The minimum absolute atomic E-state index is 0. The fourth-order valence-electron chi connectivity index (χ4n) is 4.52. The lowest BCUT2D eigenvalue weighted by Gasteiger charge is -2.31. The minimum Gasteiger partial charge on any atom is -0.488 e. The maximum atomic E-state index is 15.1. The molecule has 7 rings (SSSR count). The van der Waals surface area contributed by atoms with Crippen LogP contribution in [0.1, 0.15) is 0 Å². The van der Waals surface area contributed by atoms with Gasteiger partial charge in [0, 0.05) is 50.1 Å². The Labute approximate surface area is 220 Å². The molecule has 194 valence electrons. The van der Waals surface area contributed by atoms with Crippen molar-refractivity contribution in [1.82, 2.24) is 34.9 Å². The predicted octanol–water partition coefficient (Wildman–Crippen LogP) is 3.47. The first-order valence-corrected chi connectivity index (χ1v) is 11.6. The van der Waals surface area contributed by atoms with Crippen LogP contribution in [0.2, 0.25) is 0 Å². The minimum atomic E-state index is -0.759. The Balaban J connectivity index is 0.00000264. The van der Waals surface area contributed by atoms with E-state index in [-0.39, 0.29) is 35.7 Å². The Kier molecular flexibility index (Phi) is 6.00. The van der Waals surface area contributed by atoms with Gasteiger partial charge in [-0.05, 0) is 6.07 Å². The van der Waals surface area contributed by atoms with E-state index in [2.05, 4.69) is 35.6 Å². The number of halogens is 3. The normalized spacial score (nSPS) is 16.4. The van der Waals surface area contributed by atoms with E-state index in [1.807, 2.05) is 0 Å². The lowest BCUT2D eigenvalue weighted by molar-refractivity contribution is 0.271. The van der Waals surface area contributed by atoms with Gasteiger partial charge in [0.25, 0.3) is 0 Å². The number of piperazine rings is 1. The number of nitrogens with one attached hydrogen (secondary N) is 2. The van der Waals surface area contributed by atoms with Crippen molar-refractivity contribution in [2.75, 3.05) is 36.5 Å². The molecular formula is C24H20ClF2N9O2. The molecule has 1 saturated heterocycles. The monoisotopic (exact) mass is 539 g/mol. The van der Waals surface area contributed by atoms with Gasteiger partial charge < -0.3 is 25.0 Å². The molecule has 0 saturated carbocycles. The molecule has 4 aromatic heterocycles. The predicted molar refractivity (Wildman–Crippen MR) is 137 cm³/mol. The molecule has 0 amide bonds. The van der Waals surface area contributed by atoms with Gasteiger partial charge in [-0.3, -0.25) is 0 Å². The quantitative estimate of drug-likeness (QED) is 0.352. The molecule has 1 aromatic carbocycles. The van der Waals surface area contributed by atoms with Gasteiger partial charge in [-0.2, -0.15) is 5.10 Å². The summed E-state index contributed by atoms with van der Waals surface area (Å²) in [5, 5.41) is 10.3. The maximum absolute atomic E-state index is 15.1. The number of pyridine rings is 2. The molecule has 5 aromatic rings. The molecule has 1 fully saturated rings. The summed E-state index contributed by atoms with van der Waals surface area (Å²) < 4.78 is 43.1. The van der Waals surface area contributed by atoms with Gasteiger partial charge in [0.15, 0.2) is 40.4 Å². The number of anilines is 3. The molecule has 6 heterocycles. The molecule has 0 unspecified atom stereocenters. The molecule has 14 heteroatoms. The Morgan fingerprint density at radius 1 is 1.08 bits per heavy atom. The van der Waals surface area contributed by atoms with Crippen molar-refractivity contribution in [2.24, 2.45) is 0 Å². The fourth-order valence-corrected chi connectivity index (χ4v) is 4.52.